The molecule has 1 fully saturated rings. The van der Waals surface area contributed by atoms with Gasteiger partial charge in [-0.15, -0.1) is 0 Å². The van der Waals surface area contributed by atoms with Gasteiger partial charge in [0, 0.05) is 5.02 Å². The van der Waals surface area contributed by atoms with E-state index in [2.05, 4.69) is 5.43 Å². The summed E-state index contributed by atoms with van der Waals surface area (Å²) in [6.07, 6.45) is 1.53. The van der Waals surface area contributed by atoms with E-state index in [1.54, 1.807) is 48.5 Å². The number of carbonyl (C=O) groups excluding carboxylic acids is 2. The Labute approximate surface area is 126 Å². The van der Waals surface area contributed by atoms with Crippen LogP contribution in [0.2, 0.25) is 5.02 Å². The Hall–Kier alpha value is -2.59. The molecule has 0 aromatic heterocycles. The number of nitrogens with one attached hydrogen (secondary N) is 1. The molecule has 3 rings (SSSR count). The van der Waals surface area contributed by atoms with Gasteiger partial charge in [-0.2, -0.15) is 0 Å². The topological polar surface area (TPSA) is 49.4 Å². The van der Waals surface area contributed by atoms with Crippen molar-refractivity contribution in [3.8, 4) is 0 Å². The molecule has 1 N–H and O–H groups in total. The van der Waals surface area contributed by atoms with E-state index in [4.69, 9.17) is 11.6 Å². The van der Waals surface area contributed by atoms with Gasteiger partial charge in [0.25, 0.3) is 11.8 Å². The van der Waals surface area contributed by atoms with Crippen LogP contribution in [0.1, 0.15) is 5.56 Å². The second-order valence-corrected chi connectivity index (χ2v) is 4.97. The van der Waals surface area contributed by atoms with Crippen LogP contribution in [-0.4, -0.2) is 11.8 Å². The fourth-order valence-corrected chi connectivity index (χ4v) is 2.28. The van der Waals surface area contributed by atoms with Crippen LogP contribution in [0.4, 0.5) is 5.69 Å². The fraction of sp³-hybridized carbons (Fsp3) is 0. The molecule has 2 aromatic rings. The molecule has 1 heterocycles. The molecule has 0 saturated carbocycles. The number of hydrogen-bond acceptors (Lipinski definition) is 2. The highest BCUT2D eigenvalue weighted by Gasteiger charge is 2.34. The number of hydrazine groups is 1. The number of carbonyl (C=O) groups is 2. The van der Waals surface area contributed by atoms with Crippen LogP contribution in [0.5, 0.6) is 0 Å². The van der Waals surface area contributed by atoms with Crippen molar-refractivity contribution in [2.45, 2.75) is 0 Å². The number of hydrogen-bond donors (Lipinski definition) is 1. The zero-order chi connectivity index (χ0) is 14.8. The smallest absolute Gasteiger partial charge is 0.267 e. The molecule has 0 aliphatic carbocycles. The molecule has 0 unspecified atom stereocenters. The number of rotatable bonds is 2. The SMILES string of the molecule is O=C1NN(c2ccccc2)C(=O)/C1=C/c1cccc(Cl)c1. The van der Waals surface area contributed by atoms with E-state index in [0.29, 0.717) is 16.3 Å². The lowest BCUT2D eigenvalue weighted by atomic mass is 10.1. The second-order valence-electron chi connectivity index (χ2n) is 4.53. The Balaban J connectivity index is 1.94. The van der Waals surface area contributed by atoms with Crippen molar-refractivity contribution in [2.24, 2.45) is 0 Å². The van der Waals surface area contributed by atoms with E-state index in [9.17, 15) is 9.59 Å². The van der Waals surface area contributed by atoms with Crippen LogP contribution >= 0.6 is 11.6 Å². The summed E-state index contributed by atoms with van der Waals surface area (Å²) in [5.41, 5.74) is 3.95. The van der Waals surface area contributed by atoms with E-state index >= 15 is 0 Å². The average Bonchev–Trinajstić information content (AvgIpc) is 2.76. The summed E-state index contributed by atoms with van der Waals surface area (Å²) in [7, 11) is 0. The molecule has 0 bridgehead atoms. The third-order valence-electron chi connectivity index (χ3n) is 3.07. The predicted molar refractivity (Wildman–Crippen MR) is 81.5 cm³/mol. The number of anilines is 1. The Morgan fingerprint density at radius 3 is 2.48 bits per heavy atom. The van der Waals surface area contributed by atoms with E-state index in [1.807, 2.05) is 6.07 Å². The minimum atomic E-state index is -0.427. The van der Waals surface area contributed by atoms with Crippen LogP contribution in [0.3, 0.4) is 0 Å². The minimum Gasteiger partial charge on any atom is -0.267 e. The molecular weight excluding hydrogens is 288 g/mol. The third kappa shape index (κ3) is 2.66. The minimum absolute atomic E-state index is 0.0844. The predicted octanol–water partition coefficient (Wildman–Crippen LogP) is 2.80. The lowest BCUT2D eigenvalue weighted by molar-refractivity contribution is -0.117. The Morgan fingerprint density at radius 2 is 1.76 bits per heavy atom. The first-order chi connectivity index (χ1) is 10.1. The average molecular weight is 299 g/mol. The first-order valence-electron chi connectivity index (χ1n) is 6.33. The maximum atomic E-state index is 12.3. The van der Waals surface area contributed by atoms with Crippen molar-refractivity contribution in [3.63, 3.8) is 0 Å². The van der Waals surface area contributed by atoms with Gasteiger partial charge < -0.3 is 0 Å². The third-order valence-corrected chi connectivity index (χ3v) is 3.30. The van der Waals surface area contributed by atoms with Crippen molar-refractivity contribution in [1.29, 1.82) is 0 Å². The van der Waals surface area contributed by atoms with Gasteiger partial charge in [-0.25, -0.2) is 5.01 Å². The van der Waals surface area contributed by atoms with Gasteiger partial charge in [0.2, 0.25) is 0 Å². The van der Waals surface area contributed by atoms with E-state index < -0.39 is 5.91 Å². The molecule has 1 aliphatic rings. The molecule has 2 amide bonds. The summed E-state index contributed by atoms with van der Waals surface area (Å²) in [5.74, 6) is -0.810. The largest absolute Gasteiger partial charge is 0.282 e. The molecule has 104 valence electrons. The lowest BCUT2D eigenvalue weighted by Crippen LogP contribution is -2.35. The van der Waals surface area contributed by atoms with Crippen molar-refractivity contribution in [2.75, 3.05) is 5.01 Å². The van der Waals surface area contributed by atoms with Crippen LogP contribution < -0.4 is 10.4 Å². The Bertz CT molecular complexity index is 741. The van der Waals surface area contributed by atoms with Gasteiger partial charge in [0.05, 0.1) is 5.69 Å². The van der Waals surface area contributed by atoms with E-state index in [-0.39, 0.29) is 11.5 Å². The number of para-hydroxylation sites is 1. The van der Waals surface area contributed by atoms with Crippen LogP contribution in [-0.2, 0) is 9.59 Å². The zero-order valence-electron chi connectivity index (χ0n) is 10.9. The molecule has 21 heavy (non-hydrogen) atoms. The molecule has 2 aromatic carbocycles. The maximum Gasteiger partial charge on any atom is 0.282 e. The molecule has 5 heteroatoms. The number of halogens is 1. The van der Waals surface area contributed by atoms with Crippen molar-refractivity contribution in [1.82, 2.24) is 5.43 Å². The van der Waals surface area contributed by atoms with Crippen molar-refractivity contribution >= 4 is 35.2 Å². The molecule has 0 spiro atoms. The lowest BCUT2D eigenvalue weighted by Gasteiger charge is -2.13. The van der Waals surface area contributed by atoms with Gasteiger partial charge in [0.15, 0.2) is 0 Å². The van der Waals surface area contributed by atoms with Crippen LogP contribution in [0.15, 0.2) is 60.2 Å². The van der Waals surface area contributed by atoms with Gasteiger partial charge in [0.1, 0.15) is 5.57 Å². The van der Waals surface area contributed by atoms with Crippen molar-refractivity contribution < 1.29 is 9.59 Å². The molecule has 4 nitrogen and oxygen atoms in total. The van der Waals surface area contributed by atoms with Gasteiger partial charge >= 0.3 is 0 Å². The molecule has 0 radical (unpaired) electrons. The number of nitrogens with zero attached hydrogens (tertiary/aromatic N) is 1. The van der Waals surface area contributed by atoms with Crippen LogP contribution in [0, 0.1) is 0 Å². The normalized spacial score (nSPS) is 16.4. The number of benzene rings is 2. The van der Waals surface area contributed by atoms with Gasteiger partial charge in [-0.05, 0) is 35.9 Å². The monoisotopic (exact) mass is 298 g/mol. The summed E-state index contributed by atoms with van der Waals surface area (Å²) in [6, 6.07) is 15.9. The second kappa shape index (κ2) is 5.42. The van der Waals surface area contributed by atoms with Gasteiger partial charge in [-0.3, -0.25) is 15.0 Å². The fourth-order valence-electron chi connectivity index (χ4n) is 2.08. The summed E-state index contributed by atoms with van der Waals surface area (Å²) >= 11 is 5.90. The quantitative estimate of drug-likeness (QED) is 0.684. The highest BCUT2D eigenvalue weighted by atomic mass is 35.5. The molecule has 1 aliphatic heterocycles. The summed E-state index contributed by atoms with van der Waals surface area (Å²) in [6.45, 7) is 0. The summed E-state index contributed by atoms with van der Waals surface area (Å²) in [5, 5.41) is 1.79. The van der Waals surface area contributed by atoms with Crippen LogP contribution in [0.25, 0.3) is 6.08 Å². The van der Waals surface area contributed by atoms with Crippen molar-refractivity contribution in [3.05, 3.63) is 70.8 Å². The van der Waals surface area contributed by atoms with Gasteiger partial charge in [-0.1, -0.05) is 41.9 Å². The maximum absolute atomic E-state index is 12.3. The molecule has 1 saturated heterocycles. The highest BCUT2D eigenvalue weighted by molar-refractivity contribution is 6.32. The van der Waals surface area contributed by atoms with E-state index in [1.165, 1.54) is 11.1 Å². The number of amides is 2. The first-order valence-corrected chi connectivity index (χ1v) is 6.71. The summed E-state index contributed by atoms with van der Waals surface area (Å²) < 4.78 is 0. The summed E-state index contributed by atoms with van der Waals surface area (Å²) in [4.78, 5) is 24.3. The highest BCUT2D eigenvalue weighted by Crippen LogP contribution is 2.21. The first kappa shape index (κ1) is 13.4. The molecule has 0 atom stereocenters. The standard InChI is InChI=1S/C16H11ClN2O2/c17-12-6-4-5-11(9-12)10-14-15(20)18-19(16(14)21)13-7-2-1-3-8-13/h1-10H,(H,18,20)/b14-10+. The van der Waals surface area contributed by atoms with E-state index in [0.717, 1.165) is 0 Å². The zero-order valence-corrected chi connectivity index (χ0v) is 11.7. The molecular formula is C16H11ClN2O2. The Morgan fingerprint density at radius 1 is 1.00 bits per heavy atom. The Kier molecular flexibility index (Phi) is 3.46.